The summed E-state index contributed by atoms with van der Waals surface area (Å²) in [4.78, 5) is 19.2. The lowest BCUT2D eigenvalue weighted by Gasteiger charge is -2.16. The van der Waals surface area contributed by atoms with Crippen LogP contribution < -0.4 is 5.32 Å². The molecule has 4 rings (SSSR count). The predicted molar refractivity (Wildman–Crippen MR) is 112 cm³/mol. The van der Waals surface area contributed by atoms with Crippen molar-refractivity contribution >= 4 is 11.6 Å². The molecule has 1 N–H and O–H groups in total. The van der Waals surface area contributed by atoms with Crippen molar-refractivity contribution in [1.29, 1.82) is 0 Å². The van der Waals surface area contributed by atoms with E-state index in [-0.39, 0.29) is 5.91 Å². The number of aryl methyl sites for hydroxylation is 2. The molecule has 2 aromatic carbocycles. The summed E-state index contributed by atoms with van der Waals surface area (Å²) in [5.41, 5.74) is 4.02. The van der Waals surface area contributed by atoms with Crippen LogP contribution >= 0.6 is 0 Å². The first kappa shape index (κ1) is 18.4. The number of hydrogen-bond donors (Lipinski definition) is 1. The van der Waals surface area contributed by atoms with Gasteiger partial charge >= 0.3 is 0 Å². The van der Waals surface area contributed by atoms with Gasteiger partial charge in [-0.05, 0) is 37.6 Å². The number of carbonyl (C=O) groups is 1. The van der Waals surface area contributed by atoms with Crippen LogP contribution in [0.5, 0.6) is 0 Å². The Morgan fingerprint density at radius 2 is 2.00 bits per heavy atom. The van der Waals surface area contributed by atoms with Gasteiger partial charge < -0.3 is 9.88 Å². The van der Waals surface area contributed by atoms with Gasteiger partial charge in [-0.15, -0.1) is 0 Å². The largest absolute Gasteiger partial charge is 0.334 e. The van der Waals surface area contributed by atoms with E-state index in [1.54, 1.807) is 0 Å². The molecular weight excluding hydrogens is 348 g/mol. The first-order valence-corrected chi connectivity index (χ1v) is 9.86. The number of rotatable bonds is 6. The van der Waals surface area contributed by atoms with Crippen LogP contribution in [0.4, 0.5) is 5.69 Å². The highest BCUT2D eigenvalue weighted by molar-refractivity contribution is 5.92. The van der Waals surface area contributed by atoms with E-state index in [0.717, 1.165) is 36.5 Å². The van der Waals surface area contributed by atoms with E-state index >= 15 is 0 Å². The third kappa shape index (κ3) is 4.49. The summed E-state index contributed by atoms with van der Waals surface area (Å²) >= 11 is 0. The SMILES string of the molecule is CN(CC(=O)Nc1cccc(-c2cn3c(n2)CCCC3)c1)Cc1ccccc1. The van der Waals surface area contributed by atoms with Crippen molar-refractivity contribution in [3.63, 3.8) is 0 Å². The molecule has 0 fully saturated rings. The summed E-state index contributed by atoms with van der Waals surface area (Å²) in [5, 5.41) is 3.02. The average Bonchev–Trinajstić information content (AvgIpc) is 3.13. The number of likely N-dealkylation sites (N-methyl/N-ethyl adjacent to an activating group) is 1. The lowest BCUT2D eigenvalue weighted by atomic mass is 10.1. The van der Waals surface area contributed by atoms with Gasteiger partial charge in [-0.25, -0.2) is 4.98 Å². The second-order valence-electron chi connectivity index (χ2n) is 7.48. The highest BCUT2D eigenvalue weighted by atomic mass is 16.2. The van der Waals surface area contributed by atoms with Gasteiger partial charge in [0.15, 0.2) is 0 Å². The highest BCUT2D eigenvalue weighted by Crippen LogP contribution is 2.24. The maximum atomic E-state index is 12.4. The Bertz CT molecular complexity index is 925. The van der Waals surface area contributed by atoms with E-state index in [0.29, 0.717) is 6.54 Å². The van der Waals surface area contributed by atoms with Crippen LogP contribution in [0.2, 0.25) is 0 Å². The minimum Gasteiger partial charge on any atom is -0.334 e. The number of amides is 1. The van der Waals surface area contributed by atoms with Crippen molar-refractivity contribution < 1.29 is 4.79 Å². The number of aromatic nitrogens is 2. The first-order valence-electron chi connectivity index (χ1n) is 9.86. The molecular formula is C23H26N4O. The van der Waals surface area contributed by atoms with Gasteiger partial charge in [0, 0.05) is 37.0 Å². The average molecular weight is 374 g/mol. The molecule has 3 aromatic rings. The molecule has 2 heterocycles. The molecule has 0 saturated carbocycles. The molecule has 0 spiro atoms. The molecule has 0 aliphatic carbocycles. The van der Waals surface area contributed by atoms with Gasteiger partial charge in [0.1, 0.15) is 5.82 Å². The minimum atomic E-state index is -0.0142. The fraction of sp³-hybridized carbons (Fsp3) is 0.304. The van der Waals surface area contributed by atoms with Crippen molar-refractivity contribution in [2.75, 3.05) is 18.9 Å². The Labute approximate surface area is 166 Å². The molecule has 0 unspecified atom stereocenters. The van der Waals surface area contributed by atoms with Crippen molar-refractivity contribution in [3.8, 4) is 11.3 Å². The second-order valence-corrected chi connectivity index (χ2v) is 7.48. The van der Waals surface area contributed by atoms with Crippen LogP contribution in [0.15, 0.2) is 60.8 Å². The minimum absolute atomic E-state index is 0.0142. The Morgan fingerprint density at radius 1 is 1.14 bits per heavy atom. The number of carbonyl (C=O) groups excluding carboxylic acids is 1. The molecule has 5 nitrogen and oxygen atoms in total. The molecule has 0 bridgehead atoms. The summed E-state index contributed by atoms with van der Waals surface area (Å²) < 4.78 is 2.25. The smallest absolute Gasteiger partial charge is 0.238 e. The molecule has 0 radical (unpaired) electrons. The van der Waals surface area contributed by atoms with Gasteiger partial charge in [-0.1, -0.05) is 42.5 Å². The van der Waals surface area contributed by atoms with Crippen LogP contribution in [0.25, 0.3) is 11.3 Å². The molecule has 1 aliphatic rings. The molecule has 1 amide bonds. The molecule has 1 aromatic heterocycles. The Balaban J connectivity index is 1.39. The number of benzene rings is 2. The Kier molecular flexibility index (Phi) is 5.53. The van der Waals surface area contributed by atoms with E-state index in [2.05, 4.69) is 28.2 Å². The van der Waals surface area contributed by atoms with Crippen LogP contribution in [0.3, 0.4) is 0 Å². The number of anilines is 1. The number of imidazole rings is 1. The van der Waals surface area contributed by atoms with Crippen LogP contribution in [-0.2, 0) is 24.3 Å². The quantitative estimate of drug-likeness (QED) is 0.711. The van der Waals surface area contributed by atoms with Crippen LogP contribution in [0, 0.1) is 0 Å². The van der Waals surface area contributed by atoms with Crippen molar-refractivity contribution in [1.82, 2.24) is 14.5 Å². The molecule has 1 aliphatic heterocycles. The lowest BCUT2D eigenvalue weighted by Crippen LogP contribution is -2.29. The van der Waals surface area contributed by atoms with Gasteiger partial charge in [0.2, 0.25) is 5.91 Å². The Morgan fingerprint density at radius 3 is 2.82 bits per heavy atom. The summed E-state index contributed by atoms with van der Waals surface area (Å²) in [6.45, 7) is 2.14. The highest BCUT2D eigenvalue weighted by Gasteiger charge is 2.14. The van der Waals surface area contributed by atoms with E-state index in [1.807, 2.05) is 54.4 Å². The van der Waals surface area contributed by atoms with E-state index in [1.165, 1.54) is 24.2 Å². The van der Waals surface area contributed by atoms with E-state index in [4.69, 9.17) is 4.98 Å². The van der Waals surface area contributed by atoms with Gasteiger partial charge in [-0.3, -0.25) is 9.69 Å². The van der Waals surface area contributed by atoms with E-state index < -0.39 is 0 Å². The summed E-state index contributed by atoms with van der Waals surface area (Å²) in [6, 6.07) is 18.1. The molecule has 0 atom stereocenters. The standard InChI is InChI=1S/C23H26N4O/c1-26(15-18-8-3-2-4-9-18)17-23(28)24-20-11-7-10-19(14-20)21-16-27-13-6-5-12-22(27)25-21/h2-4,7-11,14,16H,5-6,12-13,15,17H2,1H3,(H,24,28). The molecule has 28 heavy (non-hydrogen) atoms. The zero-order valence-electron chi connectivity index (χ0n) is 16.3. The lowest BCUT2D eigenvalue weighted by molar-refractivity contribution is -0.117. The molecule has 0 saturated heterocycles. The molecule has 144 valence electrons. The topological polar surface area (TPSA) is 50.2 Å². The third-order valence-electron chi connectivity index (χ3n) is 5.06. The van der Waals surface area contributed by atoms with Gasteiger partial charge in [0.05, 0.1) is 12.2 Å². The number of fused-ring (bicyclic) bond motifs is 1. The van der Waals surface area contributed by atoms with Crippen molar-refractivity contribution in [2.24, 2.45) is 0 Å². The monoisotopic (exact) mass is 374 g/mol. The third-order valence-corrected chi connectivity index (χ3v) is 5.06. The second kappa shape index (κ2) is 8.40. The predicted octanol–water partition coefficient (Wildman–Crippen LogP) is 3.96. The normalized spacial score (nSPS) is 13.4. The zero-order valence-corrected chi connectivity index (χ0v) is 16.3. The fourth-order valence-corrected chi connectivity index (χ4v) is 3.70. The number of nitrogens with zero attached hydrogens (tertiary/aromatic N) is 3. The first-order chi connectivity index (χ1) is 13.7. The maximum absolute atomic E-state index is 12.4. The zero-order chi connectivity index (χ0) is 19.3. The van der Waals surface area contributed by atoms with Crippen LogP contribution in [0.1, 0.15) is 24.2 Å². The number of nitrogens with one attached hydrogen (secondary N) is 1. The summed E-state index contributed by atoms with van der Waals surface area (Å²) in [6.07, 6.45) is 5.60. The van der Waals surface area contributed by atoms with Gasteiger partial charge in [-0.2, -0.15) is 0 Å². The molecule has 5 heteroatoms. The number of hydrogen-bond acceptors (Lipinski definition) is 3. The maximum Gasteiger partial charge on any atom is 0.238 e. The summed E-state index contributed by atoms with van der Waals surface area (Å²) in [5.74, 6) is 1.15. The fourth-order valence-electron chi connectivity index (χ4n) is 3.70. The van der Waals surface area contributed by atoms with E-state index in [9.17, 15) is 4.79 Å². The van der Waals surface area contributed by atoms with Crippen molar-refractivity contribution in [2.45, 2.75) is 32.4 Å². The Hall–Kier alpha value is -2.92. The van der Waals surface area contributed by atoms with Crippen molar-refractivity contribution in [3.05, 3.63) is 72.2 Å². The van der Waals surface area contributed by atoms with Crippen LogP contribution in [-0.4, -0.2) is 34.0 Å². The summed E-state index contributed by atoms with van der Waals surface area (Å²) in [7, 11) is 1.96. The van der Waals surface area contributed by atoms with Gasteiger partial charge in [0.25, 0.3) is 0 Å².